The molecule has 11 heteroatoms. The standard InChI is InChI=1S/C35H65NO4.C29H54O3.C6H13NO2.2CH4/c1-5-6-7-8-9-10-11-12-13-14-15-16-17-18-19-21-24-28-33(40-35(38)31-27-32-36(2)3)29-25-22-20-23-26-30-34(37)39-4;1-3-4-5-6-7-8-9-10-11-12-13-14-15-16-17-19-22-25-28(30)26-23-20-18-21-24-27-29(31)32-2;1-7(2)5-3-4-6(8)9;;/h9-10,12-13,33H,5-8,11,14-32H2,1-4H3;7-8,10-11,28,30H,3-6,9,12-27H2,1-2H3;3-5H2,1-2H3,(H,8,9);2*1H4/b10-9-,13-12-;8-7-,11-10-;;;. The number of nitrogens with zero attached hydrogens (tertiary/aromatic N) is 2. The summed E-state index contributed by atoms with van der Waals surface area (Å²) in [5.74, 6) is -0.978. The highest BCUT2D eigenvalue weighted by molar-refractivity contribution is 5.70. The van der Waals surface area contributed by atoms with Gasteiger partial charge in [0.2, 0.25) is 0 Å². The second kappa shape index (κ2) is 74.8. The monoisotopic (exact) mass is 1180 g/mol. The maximum absolute atomic E-state index is 12.4. The molecule has 0 saturated carbocycles. The summed E-state index contributed by atoms with van der Waals surface area (Å²) >= 11 is 0. The van der Waals surface area contributed by atoms with E-state index in [4.69, 9.17) is 14.6 Å². The molecule has 492 valence electrons. The van der Waals surface area contributed by atoms with E-state index in [0.717, 1.165) is 142 Å². The third kappa shape index (κ3) is 83.0. The molecule has 11 nitrogen and oxygen atoms in total. The van der Waals surface area contributed by atoms with Crippen LogP contribution in [0, 0.1) is 0 Å². The fourth-order valence-corrected chi connectivity index (χ4v) is 9.37. The van der Waals surface area contributed by atoms with Crippen LogP contribution in [-0.2, 0) is 33.4 Å². The number of aliphatic hydroxyl groups excluding tert-OH is 1. The average molecular weight is 1180 g/mol. The van der Waals surface area contributed by atoms with E-state index in [1.165, 1.54) is 155 Å². The van der Waals surface area contributed by atoms with Crippen LogP contribution in [-0.4, -0.2) is 112 Å². The van der Waals surface area contributed by atoms with Gasteiger partial charge in [-0.2, -0.15) is 0 Å². The van der Waals surface area contributed by atoms with Gasteiger partial charge in [-0.3, -0.25) is 19.2 Å². The normalized spacial score (nSPS) is 12.0. The van der Waals surface area contributed by atoms with Gasteiger partial charge in [0.1, 0.15) is 6.10 Å². The first-order chi connectivity index (χ1) is 39.3. The molecular weight excluding hydrogens is 1040 g/mol. The number of methoxy groups -OCH3 is 2. The minimum Gasteiger partial charge on any atom is -0.481 e. The largest absolute Gasteiger partial charge is 0.481 e. The van der Waals surface area contributed by atoms with Crippen LogP contribution in [0.25, 0.3) is 0 Å². The number of hydrogen-bond acceptors (Lipinski definition) is 10. The maximum atomic E-state index is 12.4. The summed E-state index contributed by atoms with van der Waals surface area (Å²) in [6.07, 6.45) is 69.5. The van der Waals surface area contributed by atoms with Crippen molar-refractivity contribution in [3.8, 4) is 0 Å². The van der Waals surface area contributed by atoms with Crippen molar-refractivity contribution in [2.24, 2.45) is 0 Å². The molecule has 0 fully saturated rings. The van der Waals surface area contributed by atoms with E-state index in [0.29, 0.717) is 19.3 Å². The van der Waals surface area contributed by atoms with Crippen molar-refractivity contribution in [1.82, 2.24) is 9.80 Å². The van der Waals surface area contributed by atoms with Crippen molar-refractivity contribution in [1.29, 1.82) is 0 Å². The van der Waals surface area contributed by atoms with Crippen molar-refractivity contribution < 1.29 is 43.6 Å². The highest BCUT2D eigenvalue weighted by atomic mass is 16.5. The molecule has 0 aliphatic heterocycles. The fourth-order valence-electron chi connectivity index (χ4n) is 9.37. The lowest BCUT2D eigenvalue weighted by atomic mass is 10.0. The van der Waals surface area contributed by atoms with Gasteiger partial charge in [-0.15, -0.1) is 0 Å². The van der Waals surface area contributed by atoms with Gasteiger partial charge in [-0.05, 0) is 170 Å². The summed E-state index contributed by atoms with van der Waals surface area (Å²) in [4.78, 5) is 48.7. The van der Waals surface area contributed by atoms with Crippen LogP contribution in [0.3, 0.4) is 0 Å². The second-order valence-corrected chi connectivity index (χ2v) is 23.2. The summed E-state index contributed by atoms with van der Waals surface area (Å²) in [7, 11) is 10.8. The number of aliphatic carboxylic acids is 1. The molecule has 0 heterocycles. The van der Waals surface area contributed by atoms with Crippen molar-refractivity contribution in [3.63, 3.8) is 0 Å². The van der Waals surface area contributed by atoms with Crippen molar-refractivity contribution in [2.45, 2.75) is 336 Å². The third-order valence-electron chi connectivity index (χ3n) is 14.5. The molecule has 0 aliphatic rings. The number of ether oxygens (including phenoxy) is 3. The van der Waals surface area contributed by atoms with Gasteiger partial charge >= 0.3 is 23.9 Å². The lowest BCUT2D eigenvalue weighted by Gasteiger charge is -2.18. The van der Waals surface area contributed by atoms with Crippen LogP contribution < -0.4 is 0 Å². The fraction of sp³-hybridized carbons (Fsp3) is 0.833. The molecule has 2 unspecified atom stereocenters. The quantitative estimate of drug-likeness (QED) is 0.0260. The summed E-state index contributed by atoms with van der Waals surface area (Å²) in [6.45, 7) is 6.27. The maximum Gasteiger partial charge on any atom is 0.306 e. The molecule has 0 aromatic rings. The van der Waals surface area contributed by atoms with E-state index in [-0.39, 0.29) is 51.4 Å². The number of carbonyl (C=O) groups excluding carboxylic acids is 3. The van der Waals surface area contributed by atoms with Gasteiger partial charge in [0, 0.05) is 25.7 Å². The number of carboxylic acids is 1. The summed E-state index contributed by atoms with van der Waals surface area (Å²) in [5, 5.41) is 18.3. The summed E-state index contributed by atoms with van der Waals surface area (Å²) in [5.41, 5.74) is 0. The molecule has 0 bridgehead atoms. The zero-order valence-corrected chi connectivity index (χ0v) is 54.4. The predicted molar refractivity (Wildman–Crippen MR) is 358 cm³/mol. The number of allylic oxidation sites excluding steroid dienone is 8. The predicted octanol–water partition coefficient (Wildman–Crippen LogP) is 20.3. The number of aliphatic hydroxyl groups is 1. The van der Waals surface area contributed by atoms with Crippen LogP contribution >= 0.6 is 0 Å². The Bertz CT molecular complexity index is 1460. The third-order valence-corrected chi connectivity index (χ3v) is 14.5. The minimum atomic E-state index is -0.711. The first-order valence-corrected chi connectivity index (χ1v) is 33.4. The Morgan fingerprint density at radius 2 is 0.663 bits per heavy atom. The molecule has 2 atom stereocenters. The number of hydrogen-bond donors (Lipinski definition) is 2. The molecule has 83 heavy (non-hydrogen) atoms. The number of unbranched alkanes of at least 4 members (excludes halogenated alkanes) is 28. The van der Waals surface area contributed by atoms with Crippen LogP contribution in [0.4, 0.5) is 0 Å². The van der Waals surface area contributed by atoms with E-state index in [9.17, 15) is 24.3 Å². The molecule has 0 radical (unpaired) electrons. The van der Waals surface area contributed by atoms with Crippen LogP contribution in [0.2, 0.25) is 0 Å². The zero-order valence-electron chi connectivity index (χ0n) is 54.4. The first kappa shape index (κ1) is 88.5. The van der Waals surface area contributed by atoms with Gasteiger partial charge in [-0.25, -0.2) is 0 Å². The number of rotatable bonds is 57. The van der Waals surface area contributed by atoms with Crippen molar-refractivity contribution >= 4 is 23.9 Å². The van der Waals surface area contributed by atoms with Gasteiger partial charge in [0.05, 0.1) is 20.3 Å². The van der Waals surface area contributed by atoms with E-state index in [2.05, 4.69) is 72.1 Å². The molecule has 0 aliphatic carbocycles. The summed E-state index contributed by atoms with van der Waals surface area (Å²) < 4.78 is 15.3. The van der Waals surface area contributed by atoms with Gasteiger partial charge in [0.15, 0.2) is 0 Å². The molecule has 0 aromatic carbocycles. The van der Waals surface area contributed by atoms with E-state index in [1.807, 2.05) is 33.1 Å². The Morgan fingerprint density at radius 3 is 0.988 bits per heavy atom. The molecule has 0 rings (SSSR count). The Balaban J connectivity index is -0.000000422. The van der Waals surface area contributed by atoms with Gasteiger partial charge < -0.3 is 34.2 Å². The molecule has 2 N–H and O–H groups in total. The lowest BCUT2D eigenvalue weighted by Crippen LogP contribution is -2.20. The van der Waals surface area contributed by atoms with E-state index in [1.54, 1.807) is 0 Å². The van der Waals surface area contributed by atoms with Crippen molar-refractivity contribution in [2.75, 3.05) is 55.5 Å². The van der Waals surface area contributed by atoms with Crippen molar-refractivity contribution in [3.05, 3.63) is 48.6 Å². The van der Waals surface area contributed by atoms with Crippen LogP contribution in [0.5, 0.6) is 0 Å². The number of esters is 3. The Hall–Kier alpha value is -3.28. The smallest absolute Gasteiger partial charge is 0.306 e. The number of carboxylic acid groups (broad SMARTS) is 1. The minimum absolute atomic E-state index is 0. The van der Waals surface area contributed by atoms with E-state index >= 15 is 0 Å². The number of carbonyl (C=O) groups is 4. The summed E-state index contributed by atoms with van der Waals surface area (Å²) in [6, 6.07) is 0. The van der Waals surface area contributed by atoms with Crippen LogP contribution in [0.15, 0.2) is 48.6 Å². The second-order valence-electron chi connectivity index (χ2n) is 23.2. The SMILES string of the molecule is C.C.CCCCC/C=C\C/C=C\CCCCCCCCCC(CCCCCCCC(=O)OC)OC(=O)CCCN(C)C.CCCCC/C=C\C/C=C\CCCCCCCCCC(O)CCCCCCCC(=O)OC.CN(C)CCCC(=O)O. The molecule has 0 saturated heterocycles. The average Bonchev–Trinajstić information content (AvgIpc) is 3.44. The van der Waals surface area contributed by atoms with Gasteiger partial charge in [0.25, 0.3) is 0 Å². The van der Waals surface area contributed by atoms with E-state index < -0.39 is 5.97 Å². The molecule has 0 spiro atoms. The zero-order chi connectivity index (χ0) is 60.3. The lowest BCUT2D eigenvalue weighted by molar-refractivity contribution is -0.150. The topological polar surface area (TPSA) is 143 Å². The van der Waals surface area contributed by atoms with Gasteiger partial charge in [-0.1, -0.05) is 219 Å². The Morgan fingerprint density at radius 1 is 0.373 bits per heavy atom. The van der Waals surface area contributed by atoms with Crippen LogP contribution in [0.1, 0.15) is 324 Å². The molecule has 0 aromatic heterocycles. The molecule has 0 amide bonds. The Kier molecular flexibility index (Phi) is 79.8. The first-order valence-electron chi connectivity index (χ1n) is 33.4. The highest BCUT2D eigenvalue weighted by Gasteiger charge is 2.15. The Labute approximate surface area is 515 Å². The molecular formula is C72H140N2O9. The highest BCUT2D eigenvalue weighted by Crippen LogP contribution is 2.19.